The quantitative estimate of drug-likeness (QED) is 0.542. The average molecular weight is 434 g/mol. The molecule has 0 amide bonds. The number of hydrogen-bond acceptors (Lipinski definition) is 9. The molecule has 3 rings (SSSR count). The topological polar surface area (TPSA) is 101 Å². The number of ether oxygens (including phenoxy) is 5. The third-order valence-corrected chi connectivity index (χ3v) is 5.74. The number of aryl methyl sites for hydroxylation is 1. The maximum absolute atomic E-state index is 13.6. The zero-order valence-corrected chi connectivity index (χ0v) is 18.0. The van der Waals surface area contributed by atoms with Gasteiger partial charge in [0.05, 0.1) is 43.1 Å². The summed E-state index contributed by atoms with van der Waals surface area (Å²) >= 11 is 1.30. The van der Waals surface area contributed by atoms with Crippen molar-refractivity contribution < 1.29 is 38.4 Å². The van der Waals surface area contributed by atoms with E-state index >= 15 is 0 Å². The van der Waals surface area contributed by atoms with Gasteiger partial charge in [-0.2, -0.15) is 0 Å². The van der Waals surface area contributed by atoms with Crippen molar-refractivity contribution in [2.45, 2.75) is 18.1 Å². The van der Waals surface area contributed by atoms with E-state index in [1.165, 1.54) is 52.3 Å². The van der Waals surface area contributed by atoms with Gasteiger partial charge >= 0.3 is 5.97 Å². The summed E-state index contributed by atoms with van der Waals surface area (Å²) < 4.78 is 26.7. The molecule has 1 heterocycles. The van der Waals surface area contributed by atoms with E-state index in [4.69, 9.17) is 23.7 Å². The second kappa shape index (κ2) is 8.85. The van der Waals surface area contributed by atoms with Gasteiger partial charge in [0.15, 0.2) is 0 Å². The maximum Gasteiger partial charge on any atom is 0.340 e. The highest BCUT2D eigenvalue weighted by molar-refractivity contribution is 7.99. The van der Waals surface area contributed by atoms with Crippen LogP contribution in [0.1, 0.15) is 31.8 Å². The third kappa shape index (κ3) is 3.78. The molecular weight excluding hydrogens is 412 g/mol. The van der Waals surface area contributed by atoms with Crippen LogP contribution in [0, 0.1) is 6.92 Å². The molecular formula is C21H22O8S. The number of thioether (sulfide) groups is 1. The van der Waals surface area contributed by atoms with E-state index in [2.05, 4.69) is 0 Å². The van der Waals surface area contributed by atoms with Crippen molar-refractivity contribution in [1.29, 1.82) is 0 Å². The van der Waals surface area contributed by atoms with E-state index in [9.17, 15) is 14.7 Å². The lowest BCUT2D eigenvalue weighted by Gasteiger charge is -2.27. The Morgan fingerprint density at radius 1 is 1.03 bits per heavy atom. The summed E-state index contributed by atoms with van der Waals surface area (Å²) in [6.45, 7) is 1.76. The molecule has 0 unspecified atom stereocenters. The summed E-state index contributed by atoms with van der Waals surface area (Å²) in [6, 6.07) is 4.58. The Morgan fingerprint density at radius 3 is 2.30 bits per heavy atom. The number of hydrogen-bond donors (Lipinski definition) is 1. The number of phenolic OH excluding ortho intramolecular Hbond substituents is 1. The Bertz CT molecular complexity index is 1000. The first-order chi connectivity index (χ1) is 14.4. The van der Waals surface area contributed by atoms with Gasteiger partial charge in [0.25, 0.3) is 0 Å². The molecule has 1 atom stereocenters. The van der Waals surface area contributed by atoms with Crippen molar-refractivity contribution in [1.82, 2.24) is 0 Å². The van der Waals surface area contributed by atoms with Crippen LogP contribution in [-0.2, 0) is 9.47 Å². The standard InChI is InChI=1S/C21H22O8S/c1-10-6-11(22)16(12(7-10)25-2)19(23)17-13(26-3)8-14-20(18(17)21(24)28-5)30-9-15(27-4)29-14/h6-8,15,22H,9H2,1-5H3/t15-/m0/s1. The SMILES string of the molecule is COC(=O)c1c2c(cc(OC)c1C(=O)c1c(O)cc(C)cc1OC)O[C@H](OC)CS2. The van der Waals surface area contributed by atoms with Gasteiger partial charge in [0, 0.05) is 13.2 Å². The molecule has 0 aromatic heterocycles. The molecule has 0 saturated carbocycles. The van der Waals surface area contributed by atoms with Crippen molar-refractivity contribution in [3.63, 3.8) is 0 Å². The normalized spacial score (nSPS) is 15.0. The summed E-state index contributed by atoms with van der Waals surface area (Å²) in [5, 5.41) is 10.5. The number of benzene rings is 2. The molecule has 8 nitrogen and oxygen atoms in total. The summed E-state index contributed by atoms with van der Waals surface area (Å²) in [4.78, 5) is 26.7. The predicted octanol–water partition coefficient (Wildman–Crippen LogP) is 3.19. The molecule has 0 bridgehead atoms. The van der Waals surface area contributed by atoms with Crippen molar-refractivity contribution in [3.05, 3.63) is 40.5 Å². The molecule has 0 aliphatic carbocycles. The number of rotatable bonds is 6. The molecule has 160 valence electrons. The smallest absolute Gasteiger partial charge is 0.340 e. The average Bonchev–Trinajstić information content (AvgIpc) is 2.75. The van der Waals surface area contributed by atoms with E-state index in [-0.39, 0.29) is 33.9 Å². The zero-order chi connectivity index (χ0) is 22.0. The molecule has 0 saturated heterocycles. The van der Waals surface area contributed by atoms with Gasteiger partial charge in [0.2, 0.25) is 12.1 Å². The number of carbonyl (C=O) groups is 2. The first-order valence-corrected chi connectivity index (χ1v) is 9.92. The Hall–Kier alpha value is -2.91. The van der Waals surface area contributed by atoms with Gasteiger partial charge < -0.3 is 28.8 Å². The van der Waals surface area contributed by atoms with E-state index in [0.29, 0.717) is 22.0 Å². The number of ketones is 1. The highest BCUT2D eigenvalue weighted by Crippen LogP contribution is 2.45. The fourth-order valence-electron chi connectivity index (χ4n) is 3.22. The van der Waals surface area contributed by atoms with Gasteiger partial charge in [-0.25, -0.2) is 4.79 Å². The number of carbonyl (C=O) groups excluding carboxylic acids is 2. The first kappa shape index (κ1) is 21.8. The van der Waals surface area contributed by atoms with E-state index in [1.54, 1.807) is 13.0 Å². The summed E-state index contributed by atoms with van der Waals surface area (Å²) in [5.41, 5.74) is 0.579. The van der Waals surface area contributed by atoms with Crippen LogP contribution >= 0.6 is 11.8 Å². The summed E-state index contributed by atoms with van der Waals surface area (Å²) in [6.07, 6.45) is -0.513. The minimum absolute atomic E-state index is 0.00145. The number of methoxy groups -OCH3 is 4. The number of aromatic hydroxyl groups is 1. The second-order valence-corrected chi connectivity index (χ2v) is 7.46. The molecule has 1 aliphatic heterocycles. The maximum atomic E-state index is 13.6. The van der Waals surface area contributed by atoms with Gasteiger partial charge in [-0.3, -0.25) is 4.79 Å². The molecule has 0 fully saturated rings. The van der Waals surface area contributed by atoms with E-state index in [0.717, 1.165) is 0 Å². The minimum Gasteiger partial charge on any atom is -0.507 e. The Labute approximate surface area is 178 Å². The van der Waals surface area contributed by atoms with Crippen LogP contribution in [0.15, 0.2) is 23.1 Å². The molecule has 2 aromatic rings. The lowest BCUT2D eigenvalue weighted by molar-refractivity contribution is -0.0388. The highest BCUT2D eigenvalue weighted by Gasteiger charge is 2.35. The van der Waals surface area contributed by atoms with Crippen LogP contribution in [0.4, 0.5) is 0 Å². The highest BCUT2D eigenvalue weighted by atomic mass is 32.2. The lowest BCUT2D eigenvalue weighted by atomic mass is 9.94. The Morgan fingerprint density at radius 2 is 1.70 bits per heavy atom. The van der Waals surface area contributed by atoms with Crippen LogP contribution < -0.4 is 14.2 Å². The predicted molar refractivity (Wildman–Crippen MR) is 109 cm³/mol. The summed E-state index contributed by atoms with van der Waals surface area (Å²) in [5.74, 6) is -0.616. The lowest BCUT2D eigenvalue weighted by Crippen LogP contribution is -2.27. The van der Waals surface area contributed by atoms with Gasteiger partial charge in [0.1, 0.15) is 28.6 Å². The molecule has 2 aromatic carbocycles. The fourth-order valence-corrected chi connectivity index (χ4v) is 4.31. The molecule has 9 heteroatoms. The van der Waals surface area contributed by atoms with Gasteiger partial charge in [-0.15, -0.1) is 11.8 Å². The van der Waals surface area contributed by atoms with Gasteiger partial charge in [-0.05, 0) is 24.6 Å². The summed E-state index contributed by atoms with van der Waals surface area (Å²) in [7, 11) is 5.50. The minimum atomic E-state index is -0.731. The monoisotopic (exact) mass is 434 g/mol. The van der Waals surface area contributed by atoms with Crippen LogP contribution in [-0.4, -0.2) is 57.3 Å². The molecule has 30 heavy (non-hydrogen) atoms. The Balaban J connectivity index is 2.29. The van der Waals surface area contributed by atoms with Crippen LogP contribution in [0.5, 0.6) is 23.0 Å². The third-order valence-electron chi connectivity index (χ3n) is 4.60. The molecule has 0 radical (unpaired) electrons. The van der Waals surface area contributed by atoms with Crippen molar-refractivity contribution >= 4 is 23.5 Å². The van der Waals surface area contributed by atoms with Crippen molar-refractivity contribution in [2.75, 3.05) is 34.2 Å². The largest absolute Gasteiger partial charge is 0.507 e. The van der Waals surface area contributed by atoms with Crippen LogP contribution in [0.3, 0.4) is 0 Å². The molecule has 1 N–H and O–H groups in total. The van der Waals surface area contributed by atoms with Crippen molar-refractivity contribution in [3.8, 4) is 23.0 Å². The molecule has 1 aliphatic rings. The first-order valence-electron chi connectivity index (χ1n) is 8.94. The number of fused-ring (bicyclic) bond motifs is 1. The van der Waals surface area contributed by atoms with Gasteiger partial charge in [-0.1, -0.05) is 0 Å². The second-order valence-electron chi connectivity index (χ2n) is 6.43. The van der Waals surface area contributed by atoms with E-state index in [1.807, 2.05) is 0 Å². The Kier molecular flexibility index (Phi) is 6.42. The number of phenols is 1. The number of esters is 1. The molecule has 0 spiro atoms. The van der Waals surface area contributed by atoms with Crippen LogP contribution in [0.25, 0.3) is 0 Å². The zero-order valence-electron chi connectivity index (χ0n) is 17.2. The fraction of sp³-hybridized carbons (Fsp3) is 0.333. The van der Waals surface area contributed by atoms with E-state index < -0.39 is 18.0 Å². The van der Waals surface area contributed by atoms with Crippen molar-refractivity contribution in [2.24, 2.45) is 0 Å². The van der Waals surface area contributed by atoms with Crippen LogP contribution in [0.2, 0.25) is 0 Å².